The summed E-state index contributed by atoms with van der Waals surface area (Å²) in [5, 5.41) is 8.96. The van der Waals surface area contributed by atoms with Crippen LogP contribution in [0, 0.1) is 6.92 Å². The molecule has 0 saturated carbocycles. The van der Waals surface area contributed by atoms with Gasteiger partial charge < -0.3 is 14.3 Å². The molecule has 0 unspecified atom stereocenters. The van der Waals surface area contributed by atoms with Crippen LogP contribution in [0.25, 0.3) is 0 Å². The number of thiazole rings is 1. The highest BCUT2D eigenvalue weighted by Crippen LogP contribution is 2.30. The Morgan fingerprint density at radius 1 is 1.55 bits per heavy atom. The number of hydrogen-bond acceptors (Lipinski definition) is 7. The van der Waals surface area contributed by atoms with Gasteiger partial charge in [0.05, 0.1) is 24.8 Å². The summed E-state index contributed by atoms with van der Waals surface area (Å²) in [4.78, 5) is 26.8. The number of aromatic carboxylic acids is 1. The number of carboxylic acid groups (broad SMARTS) is 1. The fourth-order valence-electron chi connectivity index (χ4n) is 1.50. The lowest BCUT2D eigenvalue weighted by molar-refractivity contribution is 0.0597. The maximum absolute atomic E-state index is 11.5. The minimum absolute atomic E-state index is 0.222. The van der Waals surface area contributed by atoms with E-state index in [-0.39, 0.29) is 4.88 Å². The molecule has 6 nitrogen and oxygen atoms in total. The Kier molecular flexibility index (Phi) is 4.46. The fourth-order valence-corrected chi connectivity index (χ4v) is 3.48. The summed E-state index contributed by atoms with van der Waals surface area (Å²) in [6.45, 7) is 1.65. The molecule has 2 rings (SSSR count). The molecule has 2 heterocycles. The van der Waals surface area contributed by atoms with Gasteiger partial charge in [0.25, 0.3) is 0 Å². The van der Waals surface area contributed by atoms with Crippen molar-refractivity contribution >= 4 is 35.0 Å². The summed E-state index contributed by atoms with van der Waals surface area (Å²) in [5.41, 5.74) is 0.851. The molecule has 2 aromatic heterocycles. The number of esters is 1. The first-order valence-corrected chi connectivity index (χ1v) is 7.31. The van der Waals surface area contributed by atoms with Crippen LogP contribution in [0.15, 0.2) is 21.1 Å². The number of hydrogen-bond donors (Lipinski definition) is 1. The number of aromatic nitrogens is 1. The largest absolute Gasteiger partial charge is 0.477 e. The topological polar surface area (TPSA) is 89.6 Å². The molecule has 0 aliphatic rings. The van der Waals surface area contributed by atoms with E-state index in [2.05, 4.69) is 9.72 Å². The molecule has 20 heavy (non-hydrogen) atoms. The molecule has 0 amide bonds. The molecule has 0 spiro atoms. The predicted molar refractivity (Wildman–Crippen MR) is 73.4 cm³/mol. The molecule has 0 aromatic carbocycles. The summed E-state index contributed by atoms with van der Waals surface area (Å²) < 4.78 is 10.5. The highest BCUT2D eigenvalue weighted by atomic mass is 32.2. The van der Waals surface area contributed by atoms with Gasteiger partial charge in [0.15, 0.2) is 4.34 Å². The lowest BCUT2D eigenvalue weighted by Gasteiger charge is -1.99. The average Bonchev–Trinajstić information content (AvgIpc) is 3.01. The van der Waals surface area contributed by atoms with Crippen molar-refractivity contribution < 1.29 is 23.8 Å². The molecular weight excluding hydrogens is 302 g/mol. The quantitative estimate of drug-likeness (QED) is 0.670. The molecular formula is C12H11NO5S2. The zero-order chi connectivity index (χ0) is 14.7. The Labute approximate surface area is 122 Å². The molecule has 0 bridgehead atoms. The first kappa shape index (κ1) is 14.6. The van der Waals surface area contributed by atoms with Gasteiger partial charge in [-0.05, 0) is 13.0 Å². The van der Waals surface area contributed by atoms with Crippen LogP contribution in [0.1, 0.15) is 31.5 Å². The van der Waals surface area contributed by atoms with Gasteiger partial charge in [0.1, 0.15) is 16.2 Å². The fraction of sp³-hybridized carbons (Fsp3) is 0.250. The zero-order valence-electron chi connectivity index (χ0n) is 10.7. The van der Waals surface area contributed by atoms with Crippen LogP contribution in [0.5, 0.6) is 0 Å². The van der Waals surface area contributed by atoms with Crippen LogP contribution < -0.4 is 0 Å². The van der Waals surface area contributed by atoms with Gasteiger partial charge in [0, 0.05) is 0 Å². The van der Waals surface area contributed by atoms with Crippen molar-refractivity contribution in [1.29, 1.82) is 0 Å². The van der Waals surface area contributed by atoms with Gasteiger partial charge in [-0.15, -0.1) is 11.3 Å². The molecule has 0 radical (unpaired) electrons. The molecule has 8 heteroatoms. The van der Waals surface area contributed by atoms with E-state index in [0.29, 0.717) is 27.1 Å². The third kappa shape index (κ3) is 3.02. The number of carboxylic acids is 1. The van der Waals surface area contributed by atoms with Crippen molar-refractivity contribution in [2.75, 3.05) is 7.11 Å². The van der Waals surface area contributed by atoms with E-state index in [1.165, 1.54) is 31.2 Å². The lowest BCUT2D eigenvalue weighted by atomic mass is 10.3. The van der Waals surface area contributed by atoms with Crippen LogP contribution in [-0.2, 0) is 10.5 Å². The Morgan fingerprint density at radius 2 is 2.30 bits per heavy atom. The number of carbonyl (C=O) groups excluding carboxylic acids is 1. The second-order valence-corrected chi connectivity index (χ2v) is 5.96. The number of carbonyl (C=O) groups is 2. The number of rotatable bonds is 5. The van der Waals surface area contributed by atoms with Crippen LogP contribution in [0.2, 0.25) is 0 Å². The van der Waals surface area contributed by atoms with E-state index in [0.717, 1.165) is 11.3 Å². The van der Waals surface area contributed by atoms with Gasteiger partial charge in [-0.25, -0.2) is 14.6 Å². The van der Waals surface area contributed by atoms with Gasteiger partial charge in [-0.2, -0.15) is 0 Å². The molecule has 1 N–H and O–H groups in total. The third-order valence-electron chi connectivity index (χ3n) is 2.45. The molecule has 0 fully saturated rings. The first-order chi connectivity index (χ1) is 9.52. The Morgan fingerprint density at radius 3 is 2.90 bits per heavy atom. The molecule has 0 atom stereocenters. The van der Waals surface area contributed by atoms with E-state index >= 15 is 0 Å². The zero-order valence-corrected chi connectivity index (χ0v) is 12.3. The highest BCUT2D eigenvalue weighted by molar-refractivity contribution is 8.00. The second kappa shape index (κ2) is 6.10. The normalized spacial score (nSPS) is 10.5. The standard InChI is InChI=1S/C12H11NO5S2/c1-6-9(10(14)15)20-12(13-6)19-5-8-7(3-4-18-8)11(16)17-2/h3-4H,5H2,1-2H3,(H,14,15). The SMILES string of the molecule is COC(=O)c1ccoc1CSc1nc(C)c(C(=O)O)s1. The smallest absolute Gasteiger partial charge is 0.347 e. The lowest BCUT2D eigenvalue weighted by Crippen LogP contribution is -2.02. The van der Waals surface area contributed by atoms with Crippen LogP contribution in [-0.4, -0.2) is 29.1 Å². The molecule has 0 aliphatic heterocycles. The maximum atomic E-state index is 11.5. The van der Waals surface area contributed by atoms with Gasteiger partial charge in [-0.3, -0.25) is 0 Å². The summed E-state index contributed by atoms with van der Waals surface area (Å²) in [5.74, 6) is -0.591. The predicted octanol–water partition coefficient (Wildman–Crippen LogP) is 2.82. The molecule has 106 valence electrons. The Balaban J connectivity index is 2.09. The summed E-state index contributed by atoms with van der Waals surface area (Å²) >= 11 is 2.42. The highest BCUT2D eigenvalue weighted by Gasteiger charge is 2.18. The Bertz CT molecular complexity index is 646. The van der Waals surface area contributed by atoms with E-state index in [9.17, 15) is 9.59 Å². The number of aryl methyl sites for hydroxylation is 1. The Hall–Kier alpha value is -1.80. The third-order valence-corrected chi connectivity index (χ3v) is 4.74. The molecule has 0 aliphatic carbocycles. The number of furan rings is 1. The van der Waals surface area contributed by atoms with Crippen molar-refractivity contribution in [3.05, 3.63) is 34.2 Å². The molecule has 0 saturated heterocycles. The van der Waals surface area contributed by atoms with Gasteiger partial charge in [0.2, 0.25) is 0 Å². The van der Waals surface area contributed by atoms with Gasteiger partial charge in [-0.1, -0.05) is 11.8 Å². The van der Waals surface area contributed by atoms with E-state index in [1.54, 1.807) is 6.92 Å². The monoisotopic (exact) mass is 313 g/mol. The van der Waals surface area contributed by atoms with Crippen molar-refractivity contribution in [2.24, 2.45) is 0 Å². The van der Waals surface area contributed by atoms with Crippen molar-refractivity contribution in [3.63, 3.8) is 0 Å². The second-order valence-electron chi connectivity index (χ2n) is 3.74. The minimum atomic E-state index is -0.986. The van der Waals surface area contributed by atoms with Crippen molar-refractivity contribution in [3.8, 4) is 0 Å². The summed E-state index contributed by atoms with van der Waals surface area (Å²) in [7, 11) is 1.30. The van der Waals surface area contributed by atoms with Gasteiger partial charge >= 0.3 is 11.9 Å². The molecule has 2 aromatic rings. The van der Waals surface area contributed by atoms with Crippen LogP contribution >= 0.6 is 23.1 Å². The summed E-state index contributed by atoms with van der Waals surface area (Å²) in [6, 6.07) is 1.54. The number of ether oxygens (including phenoxy) is 1. The number of thioether (sulfide) groups is 1. The number of nitrogens with zero attached hydrogens (tertiary/aromatic N) is 1. The van der Waals surface area contributed by atoms with Crippen LogP contribution in [0.3, 0.4) is 0 Å². The van der Waals surface area contributed by atoms with E-state index in [4.69, 9.17) is 9.52 Å². The van der Waals surface area contributed by atoms with Crippen molar-refractivity contribution in [2.45, 2.75) is 17.0 Å². The van der Waals surface area contributed by atoms with Crippen molar-refractivity contribution in [1.82, 2.24) is 4.98 Å². The number of methoxy groups -OCH3 is 1. The van der Waals surface area contributed by atoms with E-state index < -0.39 is 11.9 Å². The summed E-state index contributed by atoms with van der Waals surface area (Å²) in [6.07, 6.45) is 1.41. The van der Waals surface area contributed by atoms with Crippen LogP contribution in [0.4, 0.5) is 0 Å². The first-order valence-electron chi connectivity index (χ1n) is 5.51. The minimum Gasteiger partial charge on any atom is -0.477 e. The van der Waals surface area contributed by atoms with E-state index in [1.807, 2.05) is 0 Å². The maximum Gasteiger partial charge on any atom is 0.347 e. The average molecular weight is 313 g/mol.